The van der Waals surface area contributed by atoms with Crippen molar-refractivity contribution in [3.8, 4) is 0 Å². The van der Waals surface area contributed by atoms with Crippen LogP contribution in [0.5, 0.6) is 0 Å². The Morgan fingerprint density at radius 3 is 2.76 bits per heavy atom. The van der Waals surface area contributed by atoms with E-state index in [9.17, 15) is 9.59 Å². The summed E-state index contributed by atoms with van der Waals surface area (Å²) in [6, 6.07) is 9.68. The number of aryl methyl sites for hydroxylation is 1. The topological polar surface area (TPSA) is 75.8 Å². The van der Waals surface area contributed by atoms with Crippen molar-refractivity contribution in [3.05, 3.63) is 64.0 Å². The second-order valence-electron chi connectivity index (χ2n) is 7.95. The Bertz CT molecular complexity index is 1050. The number of anilines is 1. The molecule has 6 heteroatoms. The average molecular weight is 390 g/mol. The predicted molar refractivity (Wildman–Crippen MR) is 112 cm³/mol. The van der Waals surface area contributed by atoms with Crippen LogP contribution in [-0.2, 0) is 18.3 Å². The molecule has 1 aliphatic heterocycles. The summed E-state index contributed by atoms with van der Waals surface area (Å²) in [6.45, 7) is 3.94. The van der Waals surface area contributed by atoms with Crippen LogP contribution in [-0.4, -0.2) is 22.4 Å². The second-order valence-corrected chi connectivity index (χ2v) is 7.95. The van der Waals surface area contributed by atoms with Gasteiger partial charge in [0.1, 0.15) is 0 Å². The summed E-state index contributed by atoms with van der Waals surface area (Å²) < 4.78 is 2.01. The zero-order valence-corrected chi connectivity index (χ0v) is 17.2. The van der Waals surface area contributed by atoms with Crippen molar-refractivity contribution in [1.29, 1.82) is 0 Å². The zero-order valence-electron chi connectivity index (χ0n) is 17.2. The number of carbonyl (C=O) groups is 2. The number of amides is 2. The summed E-state index contributed by atoms with van der Waals surface area (Å²) in [6.07, 6.45) is 4.57. The van der Waals surface area contributed by atoms with Gasteiger partial charge in [-0.1, -0.05) is 12.1 Å². The molecule has 2 amide bonds. The molecule has 6 nitrogen and oxygen atoms in total. The van der Waals surface area contributed by atoms with Crippen molar-refractivity contribution in [2.75, 3.05) is 5.32 Å². The Balaban J connectivity index is 1.51. The standard InChI is InChI=1S/C23H26N4O2/c1-14-11-20(15(2)27(14)3)22(28)24-17-8-6-7-16(12-17)13-21-18-9-4-5-10-19(18)23(29)26-25-21/h6-8,11-12,21H,4-5,9-10,13H2,1-3H3,(H,24,28). The Morgan fingerprint density at radius 1 is 1.21 bits per heavy atom. The van der Waals surface area contributed by atoms with E-state index in [1.54, 1.807) is 0 Å². The number of hydrogen-bond donors (Lipinski definition) is 1. The molecule has 0 spiro atoms. The quantitative estimate of drug-likeness (QED) is 0.824. The van der Waals surface area contributed by atoms with Gasteiger partial charge in [0, 0.05) is 36.1 Å². The molecule has 1 atom stereocenters. The van der Waals surface area contributed by atoms with E-state index in [4.69, 9.17) is 0 Å². The van der Waals surface area contributed by atoms with Crippen LogP contribution in [0.2, 0.25) is 0 Å². The molecule has 1 aromatic carbocycles. The van der Waals surface area contributed by atoms with E-state index in [0.29, 0.717) is 12.0 Å². The van der Waals surface area contributed by atoms with Crippen LogP contribution < -0.4 is 5.32 Å². The second kappa shape index (κ2) is 7.78. The molecule has 0 radical (unpaired) electrons. The highest BCUT2D eigenvalue weighted by atomic mass is 16.2. The summed E-state index contributed by atoms with van der Waals surface area (Å²) in [5.41, 5.74) is 6.54. The molecule has 150 valence electrons. The minimum absolute atomic E-state index is 0.0760. The van der Waals surface area contributed by atoms with Gasteiger partial charge >= 0.3 is 0 Å². The van der Waals surface area contributed by atoms with Crippen LogP contribution in [0, 0.1) is 13.8 Å². The fourth-order valence-corrected chi connectivity index (χ4v) is 4.24. The van der Waals surface area contributed by atoms with Crippen LogP contribution in [0.3, 0.4) is 0 Å². The van der Waals surface area contributed by atoms with Gasteiger partial charge in [0.25, 0.3) is 11.8 Å². The highest BCUT2D eigenvalue weighted by Crippen LogP contribution is 2.33. The number of nitrogens with one attached hydrogen (secondary N) is 1. The third kappa shape index (κ3) is 3.79. The lowest BCUT2D eigenvalue weighted by molar-refractivity contribution is -0.115. The maximum atomic E-state index is 12.7. The summed E-state index contributed by atoms with van der Waals surface area (Å²) in [5, 5.41) is 11.2. The Kier molecular flexibility index (Phi) is 5.18. The first kappa shape index (κ1) is 19.3. The molecule has 0 saturated heterocycles. The summed E-state index contributed by atoms with van der Waals surface area (Å²) >= 11 is 0. The van der Waals surface area contributed by atoms with Crippen molar-refractivity contribution in [3.63, 3.8) is 0 Å². The van der Waals surface area contributed by atoms with Gasteiger partial charge in [0.05, 0.1) is 11.6 Å². The first-order chi connectivity index (χ1) is 13.9. The molecule has 1 aromatic heterocycles. The number of benzene rings is 1. The number of azo groups is 1. The van der Waals surface area contributed by atoms with E-state index in [-0.39, 0.29) is 17.9 Å². The van der Waals surface area contributed by atoms with Crippen molar-refractivity contribution in [1.82, 2.24) is 4.57 Å². The fourth-order valence-electron chi connectivity index (χ4n) is 4.24. The number of rotatable bonds is 4. The van der Waals surface area contributed by atoms with Gasteiger partial charge in [-0.2, -0.15) is 5.11 Å². The molecule has 2 heterocycles. The SMILES string of the molecule is Cc1cc(C(=O)Nc2cccc(CC3N=NC(=O)C4=C3CCCC4)c2)c(C)n1C. The highest BCUT2D eigenvalue weighted by molar-refractivity contribution is 6.05. The molecule has 1 N–H and O–H groups in total. The van der Waals surface area contributed by atoms with Crippen LogP contribution in [0.15, 0.2) is 51.7 Å². The van der Waals surface area contributed by atoms with Crippen molar-refractivity contribution >= 4 is 17.5 Å². The summed E-state index contributed by atoms with van der Waals surface area (Å²) in [4.78, 5) is 24.7. The van der Waals surface area contributed by atoms with Gasteiger partial charge in [-0.05, 0) is 68.9 Å². The van der Waals surface area contributed by atoms with Gasteiger partial charge in [-0.15, -0.1) is 5.11 Å². The Labute approximate surface area is 170 Å². The Hall–Kier alpha value is -3.02. The van der Waals surface area contributed by atoms with Gasteiger partial charge in [0.2, 0.25) is 0 Å². The zero-order chi connectivity index (χ0) is 20.5. The van der Waals surface area contributed by atoms with E-state index >= 15 is 0 Å². The molecule has 1 unspecified atom stereocenters. The fraction of sp³-hybridized carbons (Fsp3) is 0.391. The van der Waals surface area contributed by atoms with E-state index in [1.807, 2.05) is 55.8 Å². The van der Waals surface area contributed by atoms with Crippen LogP contribution in [0.4, 0.5) is 5.69 Å². The smallest absolute Gasteiger partial charge is 0.291 e. The molecule has 1 aliphatic carbocycles. The molecule has 0 fully saturated rings. The average Bonchev–Trinajstić information content (AvgIpc) is 2.98. The minimum atomic E-state index is -0.162. The molecule has 29 heavy (non-hydrogen) atoms. The molecular formula is C23H26N4O2. The van der Waals surface area contributed by atoms with Gasteiger partial charge in [-0.3, -0.25) is 9.59 Å². The third-order valence-electron chi connectivity index (χ3n) is 6.09. The molecule has 0 bridgehead atoms. The van der Waals surface area contributed by atoms with Crippen LogP contribution in [0.25, 0.3) is 0 Å². The van der Waals surface area contributed by atoms with E-state index in [1.165, 1.54) is 0 Å². The largest absolute Gasteiger partial charge is 0.351 e. The highest BCUT2D eigenvalue weighted by Gasteiger charge is 2.28. The van der Waals surface area contributed by atoms with Gasteiger partial charge in [0.15, 0.2) is 0 Å². The third-order valence-corrected chi connectivity index (χ3v) is 6.09. The van der Waals surface area contributed by atoms with Crippen molar-refractivity contribution in [2.24, 2.45) is 17.3 Å². The van der Waals surface area contributed by atoms with Crippen LogP contribution in [0.1, 0.15) is 53.0 Å². The summed E-state index contributed by atoms with van der Waals surface area (Å²) in [5.74, 6) is -0.269. The van der Waals surface area contributed by atoms with Gasteiger partial charge < -0.3 is 9.88 Å². The lowest BCUT2D eigenvalue weighted by Crippen LogP contribution is -2.23. The molecule has 4 rings (SSSR count). The van der Waals surface area contributed by atoms with Crippen LogP contribution >= 0.6 is 0 Å². The number of aromatic nitrogens is 1. The number of nitrogens with zero attached hydrogens (tertiary/aromatic N) is 3. The Morgan fingerprint density at radius 2 is 2.00 bits per heavy atom. The first-order valence-electron chi connectivity index (χ1n) is 10.1. The maximum absolute atomic E-state index is 12.7. The number of carbonyl (C=O) groups excluding carboxylic acids is 2. The van der Waals surface area contributed by atoms with E-state index < -0.39 is 0 Å². The lowest BCUT2D eigenvalue weighted by Gasteiger charge is -2.25. The van der Waals surface area contributed by atoms with Gasteiger partial charge in [-0.25, -0.2) is 0 Å². The molecule has 0 saturated carbocycles. The van der Waals surface area contributed by atoms with Crippen molar-refractivity contribution < 1.29 is 9.59 Å². The normalized spacial score (nSPS) is 18.7. The maximum Gasteiger partial charge on any atom is 0.291 e. The molecule has 2 aliphatic rings. The predicted octanol–water partition coefficient (Wildman–Crippen LogP) is 4.67. The van der Waals surface area contributed by atoms with E-state index in [0.717, 1.165) is 59.5 Å². The monoisotopic (exact) mass is 390 g/mol. The lowest BCUT2D eigenvalue weighted by atomic mass is 9.84. The molecular weight excluding hydrogens is 364 g/mol. The minimum Gasteiger partial charge on any atom is -0.351 e. The first-order valence-corrected chi connectivity index (χ1v) is 10.1. The number of hydrogen-bond acceptors (Lipinski definition) is 3. The molecule has 2 aromatic rings. The van der Waals surface area contributed by atoms with Crippen molar-refractivity contribution in [2.45, 2.75) is 52.0 Å². The van der Waals surface area contributed by atoms with E-state index in [2.05, 4.69) is 15.5 Å². The summed E-state index contributed by atoms with van der Waals surface area (Å²) in [7, 11) is 1.96.